The number of hydrogen-bond donors (Lipinski definition) is 1. The molecule has 0 fully saturated rings. The highest BCUT2D eigenvalue weighted by molar-refractivity contribution is 7.92. The Balaban J connectivity index is 2.38. The van der Waals surface area contributed by atoms with Gasteiger partial charge in [-0.25, -0.2) is 8.42 Å². The van der Waals surface area contributed by atoms with Crippen LogP contribution in [0.3, 0.4) is 0 Å². The lowest BCUT2D eigenvalue weighted by molar-refractivity contribution is -0.139. The van der Waals surface area contributed by atoms with Crippen molar-refractivity contribution in [2.75, 3.05) is 23.7 Å². The number of hydrogen-bond acceptors (Lipinski definition) is 4. The van der Waals surface area contributed by atoms with Crippen molar-refractivity contribution in [2.24, 2.45) is 0 Å². The quantitative estimate of drug-likeness (QED) is 0.465. The molecule has 186 valence electrons. The van der Waals surface area contributed by atoms with Crippen LogP contribution in [0.4, 0.5) is 5.69 Å². The predicted octanol–water partition coefficient (Wildman–Crippen LogP) is 4.06. The predicted molar refractivity (Wildman–Crippen MR) is 137 cm³/mol. The van der Waals surface area contributed by atoms with Gasteiger partial charge in [0.2, 0.25) is 21.8 Å². The molecule has 9 heteroatoms. The number of amides is 2. The van der Waals surface area contributed by atoms with Crippen LogP contribution in [0, 0.1) is 13.8 Å². The average Bonchev–Trinajstić information content (AvgIpc) is 2.77. The van der Waals surface area contributed by atoms with Crippen molar-refractivity contribution in [1.29, 1.82) is 0 Å². The van der Waals surface area contributed by atoms with Gasteiger partial charge in [-0.3, -0.25) is 13.9 Å². The number of benzene rings is 2. The molecule has 1 atom stereocenters. The summed E-state index contributed by atoms with van der Waals surface area (Å²) < 4.78 is 26.5. The second-order valence-electron chi connectivity index (χ2n) is 8.53. The summed E-state index contributed by atoms with van der Waals surface area (Å²) in [6.07, 6.45) is 2.84. The standard InChI is InChI=1S/C25H34ClN3O4S/c1-6-7-14-27-25(31)20(4)28(16-21-10-12-22(26)13-11-21)24(30)17-29(34(5,32)33)23-15-18(2)8-9-19(23)3/h8-13,15,20H,6-7,14,16-17H2,1-5H3,(H,27,31)/t20-/m0/s1. The van der Waals surface area contributed by atoms with Gasteiger partial charge < -0.3 is 10.2 Å². The van der Waals surface area contributed by atoms with E-state index in [1.807, 2.05) is 26.0 Å². The fourth-order valence-corrected chi connectivity index (χ4v) is 4.51. The van der Waals surface area contributed by atoms with E-state index in [4.69, 9.17) is 11.6 Å². The van der Waals surface area contributed by atoms with Crippen molar-refractivity contribution in [3.63, 3.8) is 0 Å². The van der Waals surface area contributed by atoms with Crippen molar-refractivity contribution >= 4 is 39.1 Å². The Labute approximate surface area is 208 Å². The van der Waals surface area contributed by atoms with E-state index in [9.17, 15) is 18.0 Å². The normalized spacial score (nSPS) is 12.2. The number of aryl methyl sites for hydroxylation is 2. The Morgan fingerprint density at radius 2 is 1.74 bits per heavy atom. The van der Waals surface area contributed by atoms with Crippen LogP contribution >= 0.6 is 11.6 Å². The minimum atomic E-state index is -3.76. The Kier molecular flexibility index (Phi) is 9.94. The molecule has 0 aromatic heterocycles. The minimum absolute atomic E-state index is 0.142. The maximum absolute atomic E-state index is 13.5. The lowest BCUT2D eigenvalue weighted by Crippen LogP contribution is -2.51. The van der Waals surface area contributed by atoms with Crippen LogP contribution in [0.25, 0.3) is 0 Å². The fourth-order valence-electron chi connectivity index (χ4n) is 3.49. The first-order valence-electron chi connectivity index (χ1n) is 11.3. The summed E-state index contributed by atoms with van der Waals surface area (Å²) in [5, 5.41) is 3.42. The van der Waals surface area contributed by atoms with Crippen molar-refractivity contribution < 1.29 is 18.0 Å². The second kappa shape index (κ2) is 12.2. The van der Waals surface area contributed by atoms with Crippen molar-refractivity contribution in [3.05, 3.63) is 64.2 Å². The van der Waals surface area contributed by atoms with E-state index in [-0.39, 0.29) is 12.5 Å². The summed E-state index contributed by atoms with van der Waals surface area (Å²) >= 11 is 5.99. The summed E-state index contributed by atoms with van der Waals surface area (Å²) in [4.78, 5) is 27.7. The Morgan fingerprint density at radius 3 is 2.32 bits per heavy atom. The maximum atomic E-state index is 13.5. The number of rotatable bonds is 11. The van der Waals surface area contributed by atoms with Crippen LogP contribution in [0.2, 0.25) is 5.02 Å². The summed E-state index contributed by atoms with van der Waals surface area (Å²) in [5.74, 6) is -0.757. The molecule has 0 unspecified atom stereocenters. The van der Waals surface area contributed by atoms with Gasteiger partial charge >= 0.3 is 0 Å². The van der Waals surface area contributed by atoms with E-state index >= 15 is 0 Å². The summed E-state index contributed by atoms with van der Waals surface area (Å²) in [6, 6.07) is 11.6. The van der Waals surface area contributed by atoms with E-state index in [1.165, 1.54) is 4.90 Å². The molecule has 2 amide bonds. The molecule has 7 nitrogen and oxygen atoms in total. The van der Waals surface area contributed by atoms with Crippen LogP contribution in [-0.2, 0) is 26.2 Å². The SMILES string of the molecule is CCCCNC(=O)[C@H](C)N(Cc1ccc(Cl)cc1)C(=O)CN(c1cc(C)ccc1C)S(C)(=O)=O. The lowest BCUT2D eigenvalue weighted by Gasteiger charge is -2.32. The lowest BCUT2D eigenvalue weighted by atomic mass is 10.1. The van der Waals surface area contributed by atoms with Gasteiger partial charge in [-0.15, -0.1) is 0 Å². The highest BCUT2D eigenvalue weighted by Gasteiger charge is 2.30. The van der Waals surface area contributed by atoms with Gasteiger partial charge in [0.15, 0.2) is 0 Å². The molecule has 0 bridgehead atoms. The zero-order valence-electron chi connectivity index (χ0n) is 20.5. The molecule has 0 aliphatic rings. The van der Waals surface area contributed by atoms with Crippen molar-refractivity contribution in [3.8, 4) is 0 Å². The molecule has 0 spiro atoms. The monoisotopic (exact) mass is 507 g/mol. The molecular weight excluding hydrogens is 474 g/mol. The molecule has 2 rings (SSSR count). The van der Waals surface area contributed by atoms with E-state index in [0.717, 1.165) is 40.1 Å². The number of unbranched alkanes of at least 4 members (excludes halogenated alkanes) is 1. The molecule has 0 aliphatic heterocycles. The first-order valence-corrected chi connectivity index (χ1v) is 13.5. The van der Waals surface area contributed by atoms with Gasteiger partial charge in [-0.05, 0) is 62.1 Å². The summed E-state index contributed by atoms with van der Waals surface area (Å²) in [6.45, 7) is 7.58. The van der Waals surface area contributed by atoms with Crippen molar-refractivity contribution in [1.82, 2.24) is 10.2 Å². The molecule has 2 aromatic rings. The molecule has 0 heterocycles. The number of carbonyl (C=O) groups is 2. The number of halogens is 1. The van der Waals surface area contributed by atoms with Crippen LogP contribution in [0.1, 0.15) is 43.4 Å². The zero-order chi connectivity index (χ0) is 25.5. The van der Waals surface area contributed by atoms with E-state index in [2.05, 4.69) is 5.32 Å². The van der Waals surface area contributed by atoms with E-state index < -0.39 is 28.5 Å². The molecule has 0 aliphatic carbocycles. The summed E-state index contributed by atoms with van der Waals surface area (Å²) in [5.41, 5.74) is 2.84. The summed E-state index contributed by atoms with van der Waals surface area (Å²) in [7, 11) is -3.76. The molecular formula is C25H34ClN3O4S. The smallest absolute Gasteiger partial charge is 0.244 e. The van der Waals surface area contributed by atoms with Crippen LogP contribution in [0.5, 0.6) is 0 Å². The Hall–Kier alpha value is -2.58. The van der Waals surface area contributed by atoms with Gasteiger partial charge in [-0.2, -0.15) is 0 Å². The van der Waals surface area contributed by atoms with Crippen molar-refractivity contribution in [2.45, 2.75) is 53.1 Å². The Morgan fingerprint density at radius 1 is 1.09 bits per heavy atom. The van der Waals surface area contributed by atoms with Gasteiger partial charge in [-0.1, -0.05) is 49.2 Å². The third kappa shape index (κ3) is 7.74. The van der Waals surface area contributed by atoms with E-state index in [1.54, 1.807) is 44.2 Å². The molecule has 0 saturated carbocycles. The van der Waals surface area contributed by atoms with E-state index in [0.29, 0.717) is 17.3 Å². The second-order valence-corrected chi connectivity index (χ2v) is 10.9. The number of nitrogens with zero attached hydrogens (tertiary/aromatic N) is 2. The zero-order valence-corrected chi connectivity index (χ0v) is 22.0. The largest absolute Gasteiger partial charge is 0.354 e. The first kappa shape index (κ1) is 27.7. The molecule has 1 N–H and O–H groups in total. The maximum Gasteiger partial charge on any atom is 0.244 e. The topological polar surface area (TPSA) is 86.8 Å². The van der Waals surface area contributed by atoms with Crippen LogP contribution in [0.15, 0.2) is 42.5 Å². The third-order valence-corrected chi connectivity index (χ3v) is 6.95. The first-order chi connectivity index (χ1) is 15.9. The minimum Gasteiger partial charge on any atom is -0.354 e. The molecule has 34 heavy (non-hydrogen) atoms. The van der Waals surface area contributed by atoms with Gasteiger partial charge in [0.05, 0.1) is 11.9 Å². The average molecular weight is 508 g/mol. The highest BCUT2D eigenvalue weighted by Crippen LogP contribution is 2.24. The Bertz CT molecular complexity index is 1100. The third-order valence-electron chi connectivity index (χ3n) is 5.58. The molecule has 0 radical (unpaired) electrons. The number of carbonyl (C=O) groups excluding carboxylic acids is 2. The van der Waals surface area contributed by atoms with Gasteiger partial charge in [0, 0.05) is 18.1 Å². The number of sulfonamides is 1. The molecule has 2 aromatic carbocycles. The number of anilines is 1. The fraction of sp³-hybridized carbons (Fsp3) is 0.440. The van der Waals surface area contributed by atoms with Gasteiger partial charge in [0.25, 0.3) is 0 Å². The van der Waals surface area contributed by atoms with Crippen LogP contribution < -0.4 is 9.62 Å². The number of nitrogens with one attached hydrogen (secondary N) is 1. The molecule has 0 saturated heterocycles. The van der Waals surface area contributed by atoms with Crippen LogP contribution in [-0.4, -0.2) is 50.5 Å². The highest BCUT2D eigenvalue weighted by atomic mass is 35.5. The van der Waals surface area contributed by atoms with Gasteiger partial charge in [0.1, 0.15) is 12.6 Å².